The number of aliphatic hydroxyl groups excluding tert-OH is 1. The maximum absolute atomic E-state index is 11.7. The molecule has 20 heavy (non-hydrogen) atoms. The molecule has 1 aromatic carbocycles. The van der Waals surface area contributed by atoms with Crippen LogP contribution in [0.25, 0.3) is 0 Å². The molecule has 0 saturated heterocycles. The van der Waals surface area contributed by atoms with Crippen LogP contribution in [-0.4, -0.2) is 11.0 Å². The molecule has 1 aliphatic heterocycles. The number of carbonyl (C=O) groups excluding carboxylic acids is 1. The van der Waals surface area contributed by atoms with Crippen LogP contribution in [0, 0.1) is 0 Å². The summed E-state index contributed by atoms with van der Waals surface area (Å²) >= 11 is 1.53. The number of carbonyl (C=O) groups is 1. The molecule has 1 aromatic heterocycles. The van der Waals surface area contributed by atoms with Gasteiger partial charge in [-0.1, -0.05) is 25.1 Å². The van der Waals surface area contributed by atoms with Crippen LogP contribution in [0.5, 0.6) is 0 Å². The molecule has 0 spiro atoms. The molecule has 3 nitrogen and oxygen atoms in total. The summed E-state index contributed by atoms with van der Waals surface area (Å²) in [5, 5.41) is 15.5. The third kappa shape index (κ3) is 2.37. The molecule has 0 bridgehead atoms. The maximum Gasteiger partial charge on any atom is 0.224 e. The Labute approximate surface area is 122 Å². The molecule has 0 fully saturated rings. The van der Waals surface area contributed by atoms with Gasteiger partial charge in [0.25, 0.3) is 0 Å². The molecule has 104 valence electrons. The number of rotatable bonds is 3. The SMILES string of the molecule is CCc1cc2c(c(C(O)c3cccs3)c1)NC(=O)CC2. The largest absolute Gasteiger partial charge is 0.383 e. The Morgan fingerprint density at radius 3 is 2.95 bits per heavy atom. The van der Waals surface area contributed by atoms with E-state index in [1.165, 1.54) is 16.9 Å². The molecule has 2 N–H and O–H groups in total. The highest BCUT2D eigenvalue weighted by atomic mass is 32.1. The molecule has 2 heterocycles. The van der Waals surface area contributed by atoms with Crippen LogP contribution in [0.4, 0.5) is 5.69 Å². The summed E-state index contributed by atoms with van der Waals surface area (Å²) < 4.78 is 0. The predicted octanol–water partition coefficient (Wildman–Crippen LogP) is 3.28. The normalized spacial score (nSPS) is 15.6. The zero-order valence-corrected chi connectivity index (χ0v) is 12.2. The topological polar surface area (TPSA) is 49.3 Å². The van der Waals surface area contributed by atoms with Crippen LogP contribution in [0.2, 0.25) is 0 Å². The Morgan fingerprint density at radius 2 is 2.25 bits per heavy atom. The first-order chi connectivity index (χ1) is 9.69. The Bertz CT molecular complexity index is 634. The molecule has 1 atom stereocenters. The average Bonchev–Trinajstić information content (AvgIpc) is 2.99. The highest BCUT2D eigenvalue weighted by molar-refractivity contribution is 7.10. The summed E-state index contributed by atoms with van der Waals surface area (Å²) in [5.41, 5.74) is 3.95. The van der Waals surface area contributed by atoms with Gasteiger partial charge < -0.3 is 10.4 Å². The second kappa shape index (κ2) is 5.38. The van der Waals surface area contributed by atoms with Gasteiger partial charge in [0.05, 0.1) is 5.69 Å². The summed E-state index contributed by atoms with van der Waals surface area (Å²) in [5.74, 6) is 0.0291. The number of hydrogen-bond donors (Lipinski definition) is 2. The molecule has 0 aliphatic carbocycles. The minimum absolute atomic E-state index is 0.0291. The monoisotopic (exact) mass is 287 g/mol. The van der Waals surface area contributed by atoms with Gasteiger partial charge in [0.1, 0.15) is 6.10 Å². The molecule has 1 aliphatic rings. The third-order valence-electron chi connectivity index (χ3n) is 3.71. The number of aryl methyl sites for hydroxylation is 2. The molecule has 2 aromatic rings. The van der Waals surface area contributed by atoms with Gasteiger partial charge in [-0.05, 0) is 35.4 Å². The molecule has 0 saturated carbocycles. The van der Waals surface area contributed by atoms with Gasteiger partial charge in [-0.3, -0.25) is 4.79 Å². The summed E-state index contributed by atoms with van der Waals surface area (Å²) in [7, 11) is 0. The summed E-state index contributed by atoms with van der Waals surface area (Å²) in [6.07, 6.45) is 1.52. The molecular weight excluding hydrogens is 270 g/mol. The average molecular weight is 287 g/mol. The summed E-state index contributed by atoms with van der Waals surface area (Å²) in [4.78, 5) is 12.6. The van der Waals surface area contributed by atoms with E-state index in [0.29, 0.717) is 6.42 Å². The Balaban J connectivity index is 2.10. The fourth-order valence-electron chi connectivity index (χ4n) is 2.61. The first-order valence-electron chi connectivity index (χ1n) is 6.86. The minimum Gasteiger partial charge on any atom is -0.383 e. The van der Waals surface area contributed by atoms with E-state index >= 15 is 0 Å². The number of aliphatic hydroxyl groups is 1. The van der Waals surface area contributed by atoms with Crippen LogP contribution < -0.4 is 5.32 Å². The van der Waals surface area contributed by atoms with Crippen molar-refractivity contribution in [3.63, 3.8) is 0 Å². The van der Waals surface area contributed by atoms with Crippen molar-refractivity contribution in [1.29, 1.82) is 0 Å². The molecule has 1 unspecified atom stereocenters. The summed E-state index contributed by atoms with van der Waals surface area (Å²) in [6.45, 7) is 2.10. The van der Waals surface area contributed by atoms with Gasteiger partial charge in [0, 0.05) is 16.9 Å². The van der Waals surface area contributed by atoms with Crippen molar-refractivity contribution in [1.82, 2.24) is 0 Å². The van der Waals surface area contributed by atoms with E-state index in [1.807, 2.05) is 23.6 Å². The highest BCUT2D eigenvalue weighted by Gasteiger charge is 2.23. The van der Waals surface area contributed by atoms with E-state index in [1.54, 1.807) is 0 Å². The second-order valence-corrected chi connectivity index (χ2v) is 6.02. The molecular formula is C16H17NO2S. The number of nitrogens with one attached hydrogen (secondary N) is 1. The number of fused-ring (bicyclic) bond motifs is 1. The predicted molar refractivity (Wildman–Crippen MR) is 81.2 cm³/mol. The summed E-state index contributed by atoms with van der Waals surface area (Å²) in [6, 6.07) is 8.00. The fourth-order valence-corrected chi connectivity index (χ4v) is 3.34. The molecule has 4 heteroatoms. The van der Waals surface area contributed by atoms with Gasteiger partial charge in [0.2, 0.25) is 5.91 Å². The second-order valence-electron chi connectivity index (χ2n) is 5.04. The highest BCUT2D eigenvalue weighted by Crippen LogP contribution is 2.36. The van der Waals surface area contributed by atoms with E-state index in [0.717, 1.165) is 34.5 Å². The minimum atomic E-state index is -0.673. The van der Waals surface area contributed by atoms with Crippen molar-refractivity contribution in [2.24, 2.45) is 0 Å². The lowest BCUT2D eigenvalue weighted by atomic mass is 9.92. The Morgan fingerprint density at radius 1 is 1.40 bits per heavy atom. The standard InChI is InChI=1S/C16H17NO2S/c1-2-10-8-11-5-6-14(18)17-15(11)12(9-10)16(19)13-4-3-7-20-13/h3-4,7-9,16,19H,2,5-6H2,1H3,(H,17,18). The number of anilines is 1. The van der Waals surface area contributed by atoms with E-state index in [-0.39, 0.29) is 5.91 Å². The molecule has 0 radical (unpaired) electrons. The Hall–Kier alpha value is -1.65. The lowest BCUT2D eigenvalue weighted by Crippen LogP contribution is -2.21. The van der Waals surface area contributed by atoms with E-state index in [4.69, 9.17) is 0 Å². The quantitative estimate of drug-likeness (QED) is 0.910. The Kier molecular flexibility index (Phi) is 3.59. The first kappa shape index (κ1) is 13.3. The lowest BCUT2D eigenvalue weighted by Gasteiger charge is -2.23. The van der Waals surface area contributed by atoms with Gasteiger partial charge >= 0.3 is 0 Å². The number of thiophene rings is 1. The lowest BCUT2D eigenvalue weighted by molar-refractivity contribution is -0.116. The van der Waals surface area contributed by atoms with Crippen LogP contribution in [0.15, 0.2) is 29.6 Å². The number of hydrogen-bond acceptors (Lipinski definition) is 3. The van der Waals surface area contributed by atoms with Crippen molar-refractivity contribution >= 4 is 22.9 Å². The van der Waals surface area contributed by atoms with Crippen LogP contribution >= 0.6 is 11.3 Å². The van der Waals surface area contributed by atoms with Crippen LogP contribution in [0.3, 0.4) is 0 Å². The maximum atomic E-state index is 11.7. The van der Waals surface area contributed by atoms with Gasteiger partial charge in [-0.25, -0.2) is 0 Å². The van der Waals surface area contributed by atoms with Gasteiger partial charge in [0.15, 0.2) is 0 Å². The third-order valence-corrected chi connectivity index (χ3v) is 4.64. The van der Waals surface area contributed by atoms with Crippen molar-refractivity contribution in [3.05, 3.63) is 51.2 Å². The van der Waals surface area contributed by atoms with Crippen molar-refractivity contribution < 1.29 is 9.90 Å². The number of amides is 1. The number of benzene rings is 1. The zero-order chi connectivity index (χ0) is 14.1. The molecule has 1 amide bonds. The van der Waals surface area contributed by atoms with E-state index in [2.05, 4.69) is 18.3 Å². The van der Waals surface area contributed by atoms with Crippen LogP contribution in [-0.2, 0) is 17.6 Å². The van der Waals surface area contributed by atoms with Crippen molar-refractivity contribution in [2.45, 2.75) is 32.3 Å². The fraction of sp³-hybridized carbons (Fsp3) is 0.312. The van der Waals surface area contributed by atoms with Gasteiger partial charge in [-0.2, -0.15) is 0 Å². The van der Waals surface area contributed by atoms with Crippen molar-refractivity contribution in [3.8, 4) is 0 Å². The van der Waals surface area contributed by atoms with Crippen molar-refractivity contribution in [2.75, 3.05) is 5.32 Å². The van der Waals surface area contributed by atoms with E-state index < -0.39 is 6.10 Å². The smallest absolute Gasteiger partial charge is 0.224 e. The zero-order valence-electron chi connectivity index (χ0n) is 11.3. The molecule has 3 rings (SSSR count). The first-order valence-corrected chi connectivity index (χ1v) is 7.74. The van der Waals surface area contributed by atoms with Crippen LogP contribution in [0.1, 0.15) is 41.0 Å². The van der Waals surface area contributed by atoms with Gasteiger partial charge in [-0.15, -0.1) is 11.3 Å². The van der Waals surface area contributed by atoms with E-state index in [9.17, 15) is 9.90 Å².